The molecule has 0 aliphatic rings. The van der Waals surface area contributed by atoms with Gasteiger partial charge in [-0.2, -0.15) is 5.26 Å². The summed E-state index contributed by atoms with van der Waals surface area (Å²) in [5, 5.41) is 11.9. The van der Waals surface area contributed by atoms with Gasteiger partial charge < -0.3 is 0 Å². The second-order valence-electron chi connectivity index (χ2n) is 4.35. The fourth-order valence-corrected chi connectivity index (χ4v) is 2.96. The summed E-state index contributed by atoms with van der Waals surface area (Å²) in [6.07, 6.45) is 1.76. The summed E-state index contributed by atoms with van der Waals surface area (Å²) >= 11 is 1.52. The molecule has 0 unspecified atom stereocenters. The summed E-state index contributed by atoms with van der Waals surface area (Å²) < 4.78 is 0. The number of nitrogens with zero attached hydrogens (tertiary/aromatic N) is 3. The zero-order chi connectivity index (χ0) is 13.9. The minimum Gasteiger partial charge on any atom is -0.231 e. The van der Waals surface area contributed by atoms with E-state index < -0.39 is 0 Å². The average molecular weight is 277 g/mol. The summed E-state index contributed by atoms with van der Waals surface area (Å²) in [6.45, 7) is 1.95. The van der Waals surface area contributed by atoms with Gasteiger partial charge in [-0.15, -0.1) is 0 Å². The zero-order valence-electron chi connectivity index (χ0n) is 10.9. The van der Waals surface area contributed by atoms with Gasteiger partial charge in [0.25, 0.3) is 0 Å². The molecule has 1 heterocycles. The third-order valence-electron chi connectivity index (χ3n) is 2.98. The number of nitriles is 1. The molecule has 4 heteroatoms. The molecule has 2 aromatic carbocycles. The van der Waals surface area contributed by atoms with E-state index in [0.29, 0.717) is 5.56 Å². The van der Waals surface area contributed by atoms with Gasteiger partial charge in [0.1, 0.15) is 0 Å². The van der Waals surface area contributed by atoms with Crippen molar-refractivity contribution in [3.05, 3.63) is 59.9 Å². The topological polar surface area (TPSA) is 49.6 Å². The highest BCUT2D eigenvalue weighted by Crippen LogP contribution is 2.33. The summed E-state index contributed by atoms with van der Waals surface area (Å²) in [5.41, 5.74) is 1.63. The molecule has 0 N–H and O–H groups in total. The lowest BCUT2D eigenvalue weighted by atomic mass is 10.1. The van der Waals surface area contributed by atoms with Gasteiger partial charge in [-0.05, 0) is 42.3 Å². The lowest BCUT2D eigenvalue weighted by Gasteiger charge is -2.06. The number of hydrogen-bond donors (Lipinski definition) is 0. The maximum absolute atomic E-state index is 9.17. The Morgan fingerprint density at radius 1 is 1.05 bits per heavy atom. The van der Waals surface area contributed by atoms with E-state index in [-0.39, 0.29) is 0 Å². The molecule has 0 atom stereocenters. The molecule has 1 aromatic heterocycles. The maximum Gasteiger partial charge on any atom is 0.192 e. The monoisotopic (exact) mass is 277 g/mol. The predicted molar refractivity (Wildman–Crippen MR) is 79.6 cm³/mol. The number of aromatic nitrogens is 2. The molecule has 0 amide bonds. The van der Waals surface area contributed by atoms with Crippen LogP contribution in [0.2, 0.25) is 0 Å². The van der Waals surface area contributed by atoms with Gasteiger partial charge >= 0.3 is 0 Å². The molecule has 0 spiro atoms. The van der Waals surface area contributed by atoms with E-state index >= 15 is 0 Å². The highest BCUT2D eigenvalue weighted by atomic mass is 32.2. The number of benzene rings is 2. The normalized spacial score (nSPS) is 10.4. The van der Waals surface area contributed by atoms with Crippen LogP contribution in [0.5, 0.6) is 0 Å². The molecule has 0 saturated carbocycles. The third-order valence-corrected chi connectivity index (χ3v) is 3.93. The van der Waals surface area contributed by atoms with Gasteiger partial charge in [0, 0.05) is 22.2 Å². The number of aryl methyl sites for hydroxylation is 1. The first-order valence-electron chi connectivity index (χ1n) is 6.17. The van der Waals surface area contributed by atoms with Crippen molar-refractivity contribution >= 4 is 22.5 Å². The Balaban J connectivity index is 2.11. The standard InChI is InChI=1S/C16H11N3S/c1-11-8-9-18-16(19-11)20-15-7-6-12(10-17)13-4-2-3-5-14(13)15/h2-9H,1H3. The molecule has 3 nitrogen and oxygen atoms in total. The van der Waals surface area contributed by atoms with Crippen LogP contribution in [0.15, 0.2) is 58.7 Å². The smallest absolute Gasteiger partial charge is 0.192 e. The fraction of sp³-hybridized carbons (Fsp3) is 0.0625. The van der Waals surface area contributed by atoms with Crippen molar-refractivity contribution in [1.82, 2.24) is 9.97 Å². The van der Waals surface area contributed by atoms with E-state index in [2.05, 4.69) is 16.0 Å². The van der Waals surface area contributed by atoms with Crippen LogP contribution in [0.4, 0.5) is 0 Å². The molecule has 0 bridgehead atoms. The minimum atomic E-state index is 0.690. The highest BCUT2D eigenvalue weighted by molar-refractivity contribution is 7.99. The van der Waals surface area contributed by atoms with Crippen molar-refractivity contribution < 1.29 is 0 Å². The van der Waals surface area contributed by atoms with E-state index in [1.54, 1.807) is 6.20 Å². The van der Waals surface area contributed by atoms with E-state index in [0.717, 1.165) is 26.5 Å². The van der Waals surface area contributed by atoms with E-state index in [1.165, 1.54) is 11.8 Å². The number of rotatable bonds is 2. The molecule has 0 aliphatic heterocycles. The van der Waals surface area contributed by atoms with Crippen LogP contribution >= 0.6 is 11.8 Å². The third kappa shape index (κ3) is 2.36. The van der Waals surface area contributed by atoms with Crippen molar-refractivity contribution in [2.75, 3.05) is 0 Å². The van der Waals surface area contributed by atoms with E-state index in [4.69, 9.17) is 0 Å². The first-order chi connectivity index (χ1) is 9.78. The van der Waals surface area contributed by atoms with Crippen LogP contribution in [0.25, 0.3) is 10.8 Å². The Morgan fingerprint density at radius 2 is 1.85 bits per heavy atom. The molecule has 0 saturated heterocycles. The summed E-state index contributed by atoms with van der Waals surface area (Å²) in [4.78, 5) is 9.74. The van der Waals surface area contributed by atoms with Crippen LogP contribution in [-0.4, -0.2) is 9.97 Å². The Labute approximate surface area is 121 Å². The van der Waals surface area contributed by atoms with Crippen LogP contribution in [0.1, 0.15) is 11.3 Å². The van der Waals surface area contributed by atoms with Gasteiger partial charge in [-0.1, -0.05) is 24.3 Å². The minimum absolute atomic E-state index is 0.690. The van der Waals surface area contributed by atoms with Gasteiger partial charge in [-0.25, -0.2) is 9.97 Å². The number of hydrogen-bond acceptors (Lipinski definition) is 4. The second kappa shape index (κ2) is 5.32. The first-order valence-corrected chi connectivity index (χ1v) is 6.99. The van der Waals surface area contributed by atoms with E-state index in [9.17, 15) is 5.26 Å². The van der Waals surface area contributed by atoms with Crippen molar-refractivity contribution in [3.63, 3.8) is 0 Å². The molecule has 0 fully saturated rings. The van der Waals surface area contributed by atoms with Gasteiger partial charge in [0.15, 0.2) is 5.16 Å². The maximum atomic E-state index is 9.17. The molecule has 3 rings (SSSR count). The molecule has 0 aliphatic carbocycles. The largest absolute Gasteiger partial charge is 0.231 e. The zero-order valence-corrected chi connectivity index (χ0v) is 11.7. The van der Waals surface area contributed by atoms with Gasteiger partial charge in [-0.3, -0.25) is 0 Å². The van der Waals surface area contributed by atoms with Crippen molar-refractivity contribution in [2.45, 2.75) is 17.0 Å². The Kier molecular flexibility index (Phi) is 3.36. The molecule has 96 valence electrons. The lowest BCUT2D eigenvalue weighted by molar-refractivity contribution is 0.933. The predicted octanol–water partition coefficient (Wildman–Crippen LogP) is 3.96. The lowest BCUT2D eigenvalue weighted by Crippen LogP contribution is -1.89. The van der Waals surface area contributed by atoms with Crippen LogP contribution < -0.4 is 0 Å². The van der Waals surface area contributed by atoms with Crippen LogP contribution in [0, 0.1) is 18.3 Å². The molecular formula is C16H11N3S. The van der Waals surface area contributed by atoms with E-state index in [1.807, 2.05) is 49.4 Å². The van der Waals surface area contributed by atoms with Crippen LogP contribution in [0.3, 0.4) is 0 Å². The Hall–Kier alpha value is -2.38. The second-order valence-corrected chi connectivity index (χ2v) is 5.36. The SMILES string of the molecule is Cc1ccnc(Sc2ccc(C#N)c3ccccc23)n1. The summed E-state index contributed by atoms with van der Waals surface area (Å²) in [7, 11) is 0. The van der Waals surface area contributed by atoms with Crippen molar-refractivity contribution in [1.29, 1.82) is 5.26 Å². The Bertz CT molecular complexity index is 821. The highest BCUT2D eigenvalue weighted by Gasteiger charge is 2.08. The number of fused-ring (bicyclic) bond motifs is 1. The fourth-order valence-electron chi connectivity index (χ4n) is 2.03. The van der Waals surface area contributed by atoms with Gasteiger partial charge in [0.05, 0.1) is 11.6 Å². The van der Waals surface area contributed by atoms with Crippen LogP contribution in [-0.2, 0) is 0 Å². The molecule has 20 heavy (non-hydrogen) atoms. The molecule has 3 aromatic rings. The molecular weight excluding hydrogens is 266 g/mol. The van der Waals surface area contributed by atoms with Crippen molar-refractivity contribution in [2.24, 2.45) is 0 Å². The first kappa shape index (κ1) is 12.6. The van der Waals surface area contributed by atoms with Crippen molar-refractivity contribution in [3.8, 4) is 6.07 Å². The Morgan fingerprint density at radius 3 is 2.60 bits per heavy atom. The quantitative estimate of drug-likeness (QED) is 0.665. The van der Waals surface area contributed by atoms with Gasteiger partial charge in [0.2, 0.25) is 0 Å². The summed E-state index contributed by atoms with van der Waals surface area (Å²) in [6, 6.07) is 15.8. The molecule has 0 radical (unpaired) electrons. The average Bonchev–Trinajstić information content (AvgIpc) is 2.48. The summed E-state index contributed by atoms with van der Waals surface area (Å²) in [5.74, 6) is 0.